The van der Waals surface area contributed by atoms with Crippen molar-refractivity contribution in [2.75, 3.05) is 16.8 Å². The van der Waals surface area contributed by atoms with Gasteiger partial charge in [-0.15, -0.1) is 0 Å². The van der Waals surface area contributed by atoms with Crippen LogP contribution in [0.2, 0.25) is 0 Å². The second-order valence-electron chi connectivity index (χ2n) is 7.04. The van der Waals surface area contributed by atoms with Crippen LogP contribution in [0.3, 0.4) is 0 Å². The number of aryl methyl sites for hydroxylation is 2. The summed E-state index contributed by atoms with van der Waals surface area (Å²) in [6.07, 6.45) is 3.19. The first kappa shape index (κ1) is 15.9. The Bertz CT molecular complexity index is 839. The molecule has 0 spiro atoms. The summed E-state index contributed by atoms with van der Waals surface area (Å²) < 4.78 is 0. The molecule has 4 rings (SSSR count). The van der Waals surface area contributed by atoms with Crippen molar-refractivity contribution in [2.45, 2.75) is 32.6 Å². The van der Waals surface area contributed by atoms with Crippen LogP contribution in [0.25, 0.3) is 0 Å². The van der Waals surface area contributed by atoms with Gasteiger partial charge in [-0.25, -0.2) is 0 Å². The van der Waals surface area contributed by atoms with E-state index in [1.165, 1.54) is 5.56 Å². The van der Waals surface area contributed by atoms with Crippen LogP contribution in [0.5, 0.6) is 0 Å². The highest BCUT2D eigenvalue weighted by molar-refractivity contribution is 6.18. The van der Waals surface area contributed by atoms with E-state index in [0.29, 0.717) is 19.4 Å². The van der Waals surface area contributed by atoms with Gasteiger partial charge in [-0.05, 0) is 55.9 Å². The summed E-state index contributed by atoms with van der Waals surface area (Å²) in [5.74, 6) is -0.222. The molecule has 2 aromatic carbocycles. The molecule has 0 bridgehead atoms. The highest BCUT2D eigenvalue weighted by Gasteiger charge is 2.58. The summed E-state index contributed by atoms with van der Waals surface area (Å²) in [5, 5.41) is 2.97. The maximum Gasteiger partial charge on any atom is 0.242 e. The number of carbonyl (C=O) groups excluding carboxylic acids is 2. The van der Waals surface area contributed by atoms with Crippen molar-refractivity contribution in [2.24, 2.45) is 5.41 Å². The van der Waals surface area contributed by atoms with E-state index in [2.05, 4.69) is 11.4 Å². The van der Waals surface area contributed by atoms with Gasteiger partial charge in [-0.3, -0.25) is 9.59 Å². The van der Waals surface area contributed by atoms with Crippen LogP contribution in [-0.2, 0) is 16.0 Å². The van der Waals surface area contributed by atoms with Crippen LogP contribution < -0.4 is 10.2 Å². The van der Waals surface area contributed by atoms with Gasteiger partial charge >= 0.3 is 0 Å². The lowest BCUT2D eigenvalue weighted by molar-refractivity contribution is -0.132. The molecule has 1 aliphatic carbocycles. The Labute approximate surface area is 147 Å². The topological polar surface area (TPSA) is 49.4 Å². The van der Waals surface area contributed by atoms with Gasteiger partial charge in [0, 0.05) is 17.9 Å². The summed E-state index contributed by atoms with van der Waals surface area (Å²) in [4.78, 5) is 27.9. The van der Waals surface area contributed by atoms with E-state index in [1.54, 1.807) is 0 Å². The van der Waals surface area contributed by atoms with Crippen LogP contribution in [0, 0.1) is 12.3 Å². The van der Waals surface area contributed by atoms with Crippen LogP contribution in [0.4, 0.5) is 11.4 Å². The lowest BCUT2D eigenvalue weighted by Gasteiger charge is -2.32. The van der Waals surface area contributed by atoms with E-state index in [9.17, 15) is 9.59 Å². The first-order valence-corrected chi connectivity index (χ1v) is 8.89. The standard InChI is InChI=1S/C21H22N2O2/c1-15-7-2-4-10-17(15)22-19(24)21(12-13-21)20(25)23-14-6-9-16-8-3-5-11-18(16)23/h2-5,7-8,10-11H,6,9,12-14H2,1H3,(H,22,24). The quantitative estimate of drug-likeness (QED) is 0.870. The van der Waals surface area contributed by atoms with Gasteiger partial charge in [0.15, 0.2) is 0 Å². The van der Waals surface area contributed by atoms with Crippen molar-refractivity contribution in [3.05, 3.63) is 59.7 Å². The minimum Gasteiger partial charge on any atom is -0.325 e. The molecule has 1 aliphatic heterocycles. The molecule has 2 aliphatic rings. The first-order chi connectivity index (χ1) is 12.1. The zero-order chi connectivity index (χ0) is 17.4. The number of hydrogen-bond donors (Lipinski definition) is 1. The Kier molecular flexibility index (Phi) is 3.83. The molecule has 4 heteroatoms. The molecule has 2 aromatic rings. The molecule has 0 radical (unpaired) electrons. The average molecular weight is 334 g/mol. The zero-order valence-electron chi connectivity index (χ0n) is 14.4. The van der Waals surface area contributed by atoms with Gasteiger partial charge in [0.25, 0.3) is 0 Å². The molecule has 0 saturated heterocycles. The molecule has 0 aromatic heterocycles. The number of para-hydroxylation sites is 2. The van der Waals surface area contributed by atoms with E-state index in [1.807, 2.05) is 54.3 Å². The third-order valence-electron chi connectivity index (χ3n) is 5.34. The Morgan fingerprint density at radius 2 is 1.76 bits per heavy atom. The SMILES string of the molecule is Cc1ccccc1NC(=O)C1(C(=O)N2CCCc3ccccc32)CC1. The fraction of sp³-hybridized carbons (Fsp3) is 0.333. The number of amides is 2. The van der Waals surface area contributed by atoms with Gasteiger partial charge in [-0.2, -0.15) is 0 Å². The normalized spacial score (nSPS) is 17.6. The molecule has 1 fully saturated rings. The van der Waals surface area contributed by atoms with Crippen molar-refractivity contribution < 1.29 is 9.59 Å². The third-order valence-corrected chi connectivity index (χ3v) is 5.34. The van der Waals surface area contributed by atoms with E-state index in [4.69, 9.17) is 0 Å². The summed E-state index contributed by atoms with van der Waals surface area (Å²) >= 11 is 0. The average Bonchev–Trinajstić information content (AvgIpc) is 3.44. The number of nitrogens with one attached hydrogen (secondary N) is 1. The van der Waals surface area contributed by atoms with E-state index < -0.39 is 5.41 Å². The molecule has 4 nitrogen and oxygen atoms in total. The van der Waals surface area contributed by atoms with Crippen molar-refractivity contribution in [3.63, 3.8) is 0 Å². The van der Waals surface area contributed by atoms with Crippen molar-refractivity contribution in [3.8, 4) is 0 Å². The number of carbonyl (C=O) groups is 2. The summed E-state index contributed by atoms with van der Waals surface area (Å²) in [7, 11) is 0. The van der Waals surface area contributed by atoms with E-state index in [0.717, 1.165) is 29.8 Å². The number of anilines is 2. The monoisotopic (exact) mass is 334 g/mol. The predicted molar refractivity (Wildman–Crippen MR) is 98.6 cm³/mol. The van der Waals surface area contributed by atoms with Gasteiger partial charge in [-0.1, -0.05) is 36.4 Å². The molecular formula is C21H22N2O2. The number of rotatable bonds is 3. The van der Waals surface area contributed by atoms with Crippen LogP contribution in [-0.4, -0.2) is 18.4 Å². The van der Waals surface area contributed by atoms with Gasteiger partial charge < -0.3 is 10.2 Å². The number of benzene rings is 2. The summed E-state index contributed by atoms with van der Waals surface area (Å²) in [6, 6.07) is 15.7. The predicted octanol–water partition coefficient (Wildman–Crippen LogP) is 3.69. The minimum atomic E-state index is -0.896. The lowest BCUT2D eigenvalue weighted by Crippen LogP contribution is -2.45. The summed E-state index contributed by atoms with van der Waals surface area (Å²) in [5.41, 5.74) is 3.05. The molecule has 2 amide bonds. The van der Waals surface area contributed by atoms with Crippen LogP contribution >= 0.6 is 0 Å². The Hall–Kier alpha value is -2.62. The maximum atomic E-state index is 13.2. The first-order valence-electron chi connectivity index (χ1n) is 8.89. The molecule has 128 valence electrons. The molecule has 25 heavy (non-hydrogen) atoms. The van der Waals surface area contributed by atoms with E-state index in [-0.39, 0.29) is 11.8 Å². The van der Waals surface area contributed by atoms with Crippen molar-refractivity contribution in [1.29, 1.82) is 0 Å². The van der Waals surface area contributed by atoms with Gasteiger partial charge in [0.1, 0.15) is 5.41 Å². The number of hydrogen-bond acceptors (Lipinski definition) is 2. The smallest absolute Gasteiger partial charge is 0.242 e. The minimum absolute atomic E-state index is 0.0502. The molecule has 1 N–H and O–H groups in total. The van der Waals surface area contributed by atoms with Crippen LogP contribution in [0.1, 0.15) is 30.4 Å². The fourth-order valence-electron chi connectivity index (χ4n) is 3.62. The molecule has 0 atom stereocenters. The van der Waals surface area contributed by atoms with Crippen LogP contribution in [0.15, 0.2) is 48.5 Å². The number of nitrogens with zero attached hydrogens (tertiary/aromatic N) is 1. The Morgan fingerprint density at radius 3 is 2.52 bits per heavy atom. The molecule has 1 heterocycles. The zero-order valence-corrected chi connectivity index (χ0v) is 14.4. The van der Waals surface area contributed by atoms with Crippen molar-refractivity contribution in [1.82, 2.24) is 0 Å². The Balaban J connectivity index is 1.58. The molecule has 0 unspecified atom stereocenters. The van der Waals surface area contributed by atoms with E-state index >= 15 is 0 Å². The third kappa shape index (κ3) is 2.72. The maximum absolute atomic E-state index is 13.2. The second kappa shape index (κ2) is 6.03. The molecule has 1 saturated carbocycles. The number of fused-ring (bicyclic) bond motifs is 1. The highest BCUT2D eigenvalue weighted by Crippen LogP contribution is 2.49. The van der Waals surface area contributed by atoms with Gasteiger partial charge in [0.05, 0.1) is 0 Å². The largest absolute Gasteiger partial charge is 0.325 e. The molecular weight excluding hydrogens is 312 g/mol. The second-order valence-corrected chi connectivity index (χ2v) is 7.04. The lowest BCUT2D eigenvalue weighted by atomic mass is 9.97. The Morgan fingerprint density at radius 1 is 1.04 bits per heavy atom. The highest BCUT2D eigenvalue weighted by atomic mass is 16.2. The van der Waals surface area contributed by atoms with Crippen molar-refractivity contribution >= 4 is 23.2 Å². The fourth-order valence-corrected chi connectivity index (χ4v) is 3.62. The van der Waals surface area contributed by atoms with Gasteiger partial charge in [0.2, 0.25) is 11.8 Å². The summed E-state index contributed by atoms with van der Waals surface area (Å²) in [6.45, 7) is 2.65.